The van der Waals surface area contributed by atoms with E-state index in [0.717, 1.165) is 0 Å². The molecule has 1 saturated heterocycles. The zero-order chi connectivity index (χ0) is 23.4. The first-order valence-corrected chi connectivity index (χ1v) is 10.3. The summed E-state index contributed by atoms with van der Waals surface area (Å²) in [5, 5.41) is 2.88. The van der Waals surface area contributed by atoms with Gasteiger partial charge in [0, 0.05) is 36.8 Å². The van der Waals surface area contributed by atoms with E-state index in [0.29, 0.717) is 48.7 Å². The van der Waals surface area contributed by atoms with Crippen LogP contribution in [0.1, 0.15) is 18.4 Å². The Labute approximate surface area is 187 Å². The summed E-state index contributed by atoms with van der Waals surface area (Å²) < 4.78 is 51.0. The number of likely N-dealkylation sites (tertiary alicyclic amines) is 1. The monoisotopic (exact) mass is 462 g/mol. The molecule has 4 rings (SSSR count). The number of carbonyl (C=O) groups excluding carboxylic acids is 2. The molecule has 1 fully saturated rings. The van der Waals surface area contributed by atoms with Gasteiger partial charge >= 0.3 is 6.36 Å². The molecule has 0 bridgehead atoms. The summed E-state index contributed by atoms with van der Waals surface area (Å²) in [6, 6.07) is 10.4. The summed E-state index contributed by atoms with van der Waals surface area (Å²) in [5.41, 5.74) is 1.19. The molecule has 2 aromatic carbocycles. The normalized spacial score (nSPS) is 16.2. The van der Waals surface area contributed by atoms with Gasteiger partial charge in [0.15, 0.2) is 11.5 Å². The number of hydrogen-bond donors (Lipinski definition) is 1. The molecule has 33 heavy (non-hydrogen) atoms. The van der Waals surface area contributed by atoms with Gasteiger partial charge in [-0.15, -0.1) is 13.2 Å². The van der Waals surface area contributed by atoms with E-state index in [9.17, 15) is 22.8 Å². The Morgan fingerprint density at radius 3 is 2.42 bits per heavy atom. The number of hydrogen-bond acceptors (Lipinski definition) is 5. The van der Waals surface area contributed by atoms with Crippen LogP contribution in [0.5, 0.6) is 17.2 Å². The van der Waals surface area contributed by atoms with Crippen LogP contribution in [0.2, 0.25) is 0 Å². The molecule has 0 aromatic heterocycles. The number of halogens is 3. The van der Waals surface area contributed by atoms with Gasteiger partial charge in [0.2, 0.25) is 18.6 Å². The van der Waals surface area contributed by atoms with Crippen LogP contribution in [0.15, 0.2) is 48.5 Å². The van der Waals surface area contributed by atoms with E-state index in [2.05, 4.69) is 10.1 Å². The summed E-state index contributed by atoms with van der Waals surface area (Å²) in [4.78, 5) is 26.7. The van der Waals surface area contributed by atoms with E-state index in [1.165, 1.54) is 36.4 Å². The summed E-state index contributed by atoms with van der Waals surface area (Å²) in [5.74, 6) is 0.343. The van der Waals surface area contributed by atoms with Gasteiger partial charge in [-0.25, -0.2) is 0 Å². The molecule has 0 saturated carbocycles. The van der Waals surface area contributed by atoms with Crippen molar-refractivity contribution in [1.82, 2.24) is 4.90 Å². The van der Waals surface area contributed by atoms with E-state index in [-0.39, 0.29) is 30.3 Å². The average molecular weight is 462 g/mol. The Bertz CT molecular complexity index is 1050. The Kier molecular flexibility index (Phi) is 6.43. The van der Waals surface area contributed by atoms with Gasteiger partial charge in [-0.1, -0.05) is 12.1 Å². The number of benzene rings is 2. The molecule has 2 heterocycles. The molecule has 10 heteroatoms. The molecule has 7 nitrogen and oxygen atoms in total. The van der Waals surface area contributed by atoms with Crippen LogP contribution in [-0.4, -0.2) is 43.0 Å². The lowest BCUT2D eigenvalue weighted by molar-refractivity contribution is -0.274. The van der Waals surface area contributed by atoms with Crippen molar-refractivity contribution in [2.75, 3.05) is 25.2 Å². The number of rotatable bonds is 5. The molecule has 0 atom stereocenters. The first-order valence-electron chi connectivity index (χ1n) is 10.3. The first kappa shape index (κ1) is 22.5. The van der Waals surface area contributed by atoms with Crippen LogP contribution >= 0.6 is 0 Å². The highest BCUT2D eigenvalue weighted by Crippen LogP contribution is 2.34. The summed E-state index contributed by atoms with van der Waals surface area (Å²) in [7, 11) is 0. The zero-order valence-corrected chi connectivity index (χ0v) is 17.4. The quantitative estimate of drug-likeness (QED) is 0.674. The van der Waals surface area contributed by atoms with Gasteiger partial charge in [-0.05, 0) is 48.7 Å². The maximum absolute atomic E-state index is 12.6. The van der Waals surface area contributed by atoms with E-state index in [4.69, 9.17) is 9.47 Å². The third kappa shape index (κ3) is 5.97. The Hall–Kier alpha value is -3.69. The lowest BCUT2D eigenvalue weighted by Gasteiger charge is -2.30. The van der Waals surface area contributed by atoms with Crippen molar-refractivity contribution in [2.24, 2.45) is 5.92 Å². The van der Waals surface area contributed by atoms with Crippen molar-refractivity contribution in [3.05, 3.63) is 54.1 Å². The fourth-order valence-corrected chi connectivity index (χ4v) is 3.63. The predicted molar refractivity (Wildman–Crippen MR) is 113 cm³/mol. The Morgan fingerprint density at radius 2 is 1.73 bits per heavy atom. The minimum atomic E-state index is -4.75. The molecular formula is C23H21F3N2O5. The fraction of sp³-hybridized carbons (Fsp3) is 0.304. The molecule has 0 aliphatic carbocycles. The van der Waals surface area contributed by atoms with Crippen molar-refractivity contribution in [3.63, 3.8) is 0 Å². The van der Waals surface area contributed by atoms with Crippen molar-refractivity contribution >= 4 is 23.6 Å². The molecule has 174 valence electrons. The van der Waals surface area contributed by atoms with Crippen molar-refractivity contribution < 1.29 is 37.0 Å². The molecule has 0 radical (unpaired) electrons. The maximum atomic E-state index is 12.6. The highest BCUT2D eigenvalue weighted by atomic mass is 19.4. The van der Waals surface area contributed by atoms with Crippen molar-refractivity contribution in [3.8, 4) is 17.2 Å². The minimum Gasteiger partial charge on any atom is -0.454 e. The average Bonchev–Trinajstić information content (AvgIpc) is 3.25. The second kappa shape index (κ2) is 9.43. The number of nitrogens with one attached hydrogen (secondary N) is 1. The SMILES string of the molecule is O=C(Nc1ccc2c(c1)OCO2)C1CCN(C(=O)C=Cc2ccc(OC(F)(F)F)cc2)CC1. The molecule has 2 aliphatic heterocycles. The molecule has 2 aromatic rings. The van der Waals surface area contributed by atoms with Crippen LogP contribution in [0.4, 0.5) is 18.9 Å². The van der Waals surface area contributed by atoms with Gasteiger partial charge in [0.1, 0.15) is 5.75 Å². The third-order valence-electron chi connectivity index (χ3n) is 5.35. The number of ether oxygens (including phenoxy) is 3. The topological polar surface area (TPSA) is 77.1 Å². The largest absolute Gasteiger partial charge is 0.573 e. The van der Waals surface area contributed by atoms with Crippen molar-refractivity contribution in [1.29, 1.82) is 0 Å². The van der Waals surface area contributed by atoms with Gasteiger partial charge in [0.05, 0.1) is 0 Å². The smallest absolute Gasteiger partial charge is 0.454 e. The van der Waals surface area contributed by atoms with Gasteiger partial charge in [-0.3, -0.25) is 9.59 Å². The van der Waals surface area contributed by atoms with Crippen LogP contribution in [0.3, 0.4) is 0 Å². The van der Waals surface area contributed by atoms with E-state index < -0.39 is 6.36 Å². The van der Waals surface area contributed by atoms with Crippen LogP contribution in [-0.2, 0) is 9.59 Å². The van der Waals surface area contributed by atoms with Gasteiger partial charge in [0.25, 0.3) is 0 Å². The first-order chi connectivity index (χ1) is 15.8. The number of piperidine rings is 1. The molecule has 2 amide bonds. The summed E-state index contributed by atoms with van der Waals surface area (Å²) in [6.45, 7) is 1.02. The third-order valence-corrected chi connectivity index (χ3v) is 5.35. The molecule has 2 aliphatic rings. The number of carbonyl (C=O) groups is 2. The highest BCUT2D eigenvalue weighted by molar-refractivity contribution is 5.94. The lowest BCUT2D eigenvalue weighted by Crippen LogP contribution is -2.40. The number of alkyl halides is 3. The predicted octanol–water partition coefficient (Wildman–Crippen LogP) is 4.20. The van der Waals surface area contributed by atoms with Crippen LogP contribution in [0, 0.1) is 5.92 Å². The standard InChI is InChI=1S/C23H21F3N2O5/c24-23(25,26)33-18-5-1-15(2-6-18)3-8-21(29)28-11-9-16(10-12-28)22(30)27-17-4-7-19-20(13-17)32-14-31-19/h1-8,13,16H,9-12,14H2,(H,27,30). The molecule has 1 N–H and O–H groups in total. The maximum Gasteiger partial charge on any atom is 0.573 e. The van der Waals surface area contributed by atoms with E-state index in [1.807, 2.05) is 0 Å². The second-order valence-corrected chi connectivity index (χ2v) is 7.61. The van der Waals surface area contributed by atoms with Crippen molar-refractivity contribution in [2.45, 2.75) is 19.2 Å². The van der Waals surface area contributed by atoms with E-state index >= 15 is 0 Å². The molecule has 0 spiro atoms. The molecule has 0 unspecified atom stereocenters. The summed E-state index contributed by atoms with van der Waals surface area (Å²) in [6.07, 6.45) is -0.801. The van der Waals surface area contributed by atoms with Gasteiger partial charge in [-0.2, -0.15) is 0 Å². The van der Waals surface area contributed by atoms with Crippen LogP contribution in [0.25, 0.3) is 6.08 Å². The molecular weight excluding hydrogens is 441 g/mol. The number of nitrogens with zero attached hydrogens (tertiary/aromatic N) is 1. The zero-order valence-electron chi connectivity index (χ0n) is 17.4. The summed E-state index contributed by atoms with van der Waals surface area (Å²) >= 11 is 0. The van der Waals surface area contributed by atoms with E-state index in [1.54, 1.807) is 23.1 Å². The lowest BCUT2D eigenvalue weighted by atomic mass is 9.95. The fourth-order valence-electron chi connectivity index (χ4n) is 3.63. The van der Waals surface area contributed by atoms with Gasteiger partial charge < -0.3 is 24.4 Å². The minimum absolute atomic E-state index is 0.113. The highest BCUT2D eigenvalue weighted by Gasteiger charge is 2.31. The number of fused-ring (bicyclic) bond motifs is 1. The number of anilines is 1. The Balaban J connectivity index is 1.25. The van der Waals surface area contributed by atoms with Crippen LogP contribution < -0.4 is 19.5 Å². The second-order valence-electron chi connectivity index (χ2n) is 7.61. The Morgan fingerprint density at radius 1 is 1.03 bits per heavy atom. The number of amides is 2.